The molecule has 0 aliphatic carbocycles. The zero-order valence-corrected chi connectivity index (χ0v) is 14.6. The molecular formula is C19H19N5O2. The van der Waals surface area contributed by atoms with Crippen molar-refractivity contribution in [3.05, 3.63) is 54.2 Å². The molecule has 0 radical (unpaired) electrons. The molecule has 7 nitrogen and oxygen atoms in total. The summed E-state index contributed by atoms with van der Waals surface area (Å²) in [5.74, 6) is 2.95. The Labute approximate surface area is 151 Å². The third-order valence-corrected chi connectivity index (χ3v) is 4.04. The summed E-state index contributed by atoms with van der Waals surface area (Å²) in [5, 5.41) is 14.4. The van der Waals surface area contributed by atoms with Gasteiger partial charge in [-0.05, 0) is 35.7 Å². The average molecular weight is 349 g/mol. The molecular weight excluding hydrogens is 330 g/mol. The van der Waals surface area contributed by atoms with Gasteiger partial charge in [0.15, 0.2) is 17.3 Å². The Bertz CT molecular complexity index is 912. The lowest BCUT2D eigenvalue weighted by atomic mass is 10.0. The lowest BCUT2D eigenvalue weighted by molar-refractivity contribution is 0.174. The van der Waals surface area contributed by atoms with Crippen LogP contribution in [-0.4, -0.2) is 22.0 Å². The number of nitrogens with one attached hydrogen (secondary N) is 2. The number of hydrogen-bond donors (Lipinski definition) is 2. The maximum Gasteiger partial charge on any atom is 0.249 e. The fourth-order valence-electron chi connectivity index (χ4n) is 2.62. The molecule has 26 heavy (non-hydrogen) atoms. The summed E-state index contributed by atoms with van der Waals surface area (Å²) < 4.78 is 10.7. The van der Waals surface area contributed by atoms with E-state index in [-0.39, 0.29) is 6.79 Å². The van der Waals surface area contributed by atoms with Crippen molar-refractivity contribution in [3.8, 4) is 11.5 Å². The van der Waals surface area contributed by atoms with Crippen LogP contribution in [0.3, 0.4) is 0 Å². The number of anilines is 4. The summed E-state index contributed by atoms with van der Waals surface area (Å²) in [6, 6.07) is 13.8. The molecule has 4 rings (SSSR count). The van der Waals surface area contributed by atoms with Crippen molar-refractivity contribution >= 4 is 23.1 Å². The number of benzene rings is 2. The molecule has 1 aliphatic rings. The zero-order chi connectivity index (χ0) is 17.9. The first-order valence-electron chi connectivity index (χ1n) is 8.41. The summed E-state index contributed by atoms with van der Waals surface area (Å²) in [5.41, 5.74) is 3.03. The molecule has 132 valence electrons. The molecule has 2 N–H and O–H groups in total. The highest BCUT2D eigenvalue weighted by Gasteiger charge is 2.13. The fraction of sp³-hybridized carbons (Fsp3) is 0.211. The van der Waals surface area contributed by atoms with Crippen LogP contribution in [0.2, 0.25) is 0 Å². The Morgan fingerprint density at radius 3 is 2.50 bits per heavy atom. The maximum atomic E-state index is 5.38. The van der Waals surface area contributed by atoms with Crippen LogP contribution < -0.4 is 20.1 Å². The second-order valence-corrected chi connectivity index (χ2v) is 6.26. The van der Waals surface area contributed by atoms with Crippen LogP contribution in [0.5, 0.6) is 11.5 Å². The topological polar surface area (TPSA) is 81.2 Å². The summed E-state index contributed by atoms with van der Waals surface area (Å²) in [7, 11) is 0. The van der Waals surface area contributed by atoms with E-state index in [2.05, 4.69) is 51.8 Å². The van der Waals surface area contributed by atoms with Crippen LogP contribution in [0.15, 0.2) is 48.7 Å². The standard InChI is InChI=1S/C19H19N5O2/c1-12(2)13-3-5-14(6-4-13)22-19-23-18(10-20-24-19)21-15-7-8-16-17(9-15)26-11-25-16/h3-10,12H,11H2,1-2H3,(H2,21,22,23,24). The van der Waals surface area contributed by atoms with Crippen LogP contribution in [0.1, 0.15) is 25.3 Å². The minimum absolute atomic E-state index is 0.248. The molecule has 1 aromatic heterocycles. The molecule has 2 heterocycles. The van der Waals surface area contributed by atoms with E-state index in [9.17, 15) is 0 Å². The maximum absolute atomic E-state index is 5.38. The fourth-order valence-corrected chi connectivity index (χ4v) is 2.62. The Hall–Kier alpha value is -3.35. The van der Waals surface area contributed by atoms with E-state index >= 15 is 0 Å². The lowest BCUT2D eigenvalue weighted by Gasteiger charge is -2.09. The van der Waals surface area contributed by atoms with E-state index in [0.29, 0.717) is 23.4 Å². The van der Waals surface area contributed by atoms with E-state index in [0.717, 1.165) is 17.1 Å². The van der Waals surface area contributed by atoms with Crippen LogP contribution in [0.4, 0.5) is 23.1 Å². The minimum Gasteiger partial charge on any atom is -0.454 e. The number of aromatic nitrogens is 3. The van der Waals surface area contributed by atoms with Gasteiger partial charge in [-0.15, -0.1) is 5.10 Å². The summed E-state index contributed by atoms with van der Waals surface area (Å²) in [6.45, 7) is 4.58. The van der Waals surface area contributed by atoms with Gasteiger partial charge in [-0.1, -0.05) is 26.0 Å². The number of nitrogens with zero attached hydrogens (tertiary/aromatic N) is 3. The third-order valence-electron chi connectivity index (χ3n) is 4.04. The van der Waals surface area contributed by atoms with E-state index in [4.69, 9.17) is 9.47 Å². The molecule has 2 aromatic carbocycles. The zero-order valence-electron chi connectivity index (χ0n) is 14.6. The van der Waals surface area contributed by atoms with Crippen LogP contribution in [0.25, 0.3) is 0 Å². The molecule has 0 atom stereocenters. The highest BCUT2D eigenvalue weighted by Crippen LogP contribution is 2.34. The monoisotopic (exact) mass is 349 g/mol. The Morgan fingerprint density at radius 1 is 0.923 bits per heavy atom. The van der Waals surface area contributed by atoms with Gasteiger partial charge in [0, 0.05) is 17.4 Å². The molecule has 0 spiro atoms. The van der Waals surface area contributed by atoms with Crippen molar-refractivity contribution in [2.45, 2.75) is 19.8 Å². The van der Waals surface area contributed by atoms with Gasteiger partial charge in [0.05, 0.1) is 6.20 Å². The first-order chi connectivity index (χ1) is 12.7. The largest absolute Gasteiger partial charge is 0.454 e. The minimum atomic E-state index is 0.248. The van der Waals surface area contributed by atoms with Crippen molar-refractivity contribution in [1.29, 1.82) is 0 Å². The van der Waals surface area contributed by atoms with E-state index in [1.807, 2.05) is 30.3 Å². The normalized spacial score (nSPS) is 12.3. The third kappa shape index (κ3) is 3.51. The average Bonchev–Trinajstić information content (AvgIpc) is 3.10. The summed E-state index contributed by atoms with van der Waals surface area (Å²) in [6.07, 6.45) is 1.57. The second kappa shape index (κ2) is 6.87. The molecule has 0 fully saturated rings. The second-order valence-electron chi connectivity index (χ2n) is 6.26. The van der Waals surface area contributed by atoms with E-state index < -0.39 is 0 Å². The highest BCUT2D eigenvalue weighted by molar-refractivity contribution is 5.62. The van der Waals surface area contributed by atoms with Crippen LogP contribution in [0, 0.1) is 0 Å². The molecule has 0 saturated heterocycles. The lowest BCUT2D eigenvalue weighted by Crippen LogP contribution is -2.02. The molecule has 0 unspecified atom stereocenters. The Morgan fingerprint density at radius 2 is 1.69 bits per heavy atom. The van der Waals surface area contributed by atoms with Gasteiger partial charge in [-0.2, -0.15) is 10.1 Å². The van der Waals surface area contributed by atoms with Gasteiger partial charge in [0.2, 0.25) is 12.7 Å². The van der Waals surface area contributed by atoms with Gasteiger partial charge >= 0.3 is 0 Å². The van der Waals surface area contributed by atoms with Crippen molar-refractivity contribution in [2.24, 2.45) is 0 Å². The highest BCUT2D eigenvalue weighted by atomic mass is 16.7. The van der Waals surface area contributed by atoms with Gasteiger partial charge in [0.1, 0.15) is 0 Å². The number of fused-ring (bicyclic) bond motifs is 1. The van der Waals surface area contributed by atoms with Crippen LogP contribution in [-0.2, 0) is 0 Å². The first-order valence-corrected chi connectivity index (χ1v) is 8.41. The number of hydrogen-bond acceptors (Lipinski definition) is 7. The predicted octanol–water partition coefficient (Wildman–Crippen LogP) is 4.21. The number of rotatable bonds is 5. The molecule has 0 amide bonds. The first kappa shape index (κ1) is 16.1. The van der Waals surface area contributed by atoms with Crippen molar-refractivity contribution < 1.29 is 9.47 Å². The van der Waals surface area contributed by atoms with Gasteiger partial charge in [0.25, 0.3) is 0 Å². The smallest absolute Gasteiger partial charge is 0.249 e. The van der Waals surface area contributed by atoms with E-state index in [1.54, 1.807) is 6.20 Å². The Kier molecular flexibility index (Phi) is 4.27. The quantitative estimate of drug-likeness (QED) is 0.714. The number of ether oxygens (including phenoxy) is 2. The van der Waals surface area contributed by atoms with Gasteiger partial charge in [-0.25, -0.2) is 0 Å². The molecule has 1 aliphatic heterocycles. The van der Waals surface area contributed by atoms with E-state index in [1.165, 1.54) is 5.56 Å². The molecule has 0 saturated carbocycles. The van der Waals surface area contributed by atoms with Crippen molar-refractivity contribution in [2.75, 3.05) is 17.4 Å². The van der Waals surface area contributed by atoms with Crippen molar-refractivity contribution in [1.82, 2.24) is 15.2 Å². The molecule has 3 aromatic rings. The van der Waals surface area contributed by atoms with Crippen molar-refractivity contribution in [3.63, 3.8) is 0 Å². The predicted molar refractivity (Wildman–Crippen MR) is 99.5 cm³/mol. The van der Waals surface area contributed by atoms with Crippen LogP contribution >= 0.6 is 0 Å². The van der Waals surface area contributed by atoms with Gasteiger partial charge in [-0.3, -0.25) is 0 Å². The molecule has 0 bridgehead atoms. The Balaban J connectivity index is 1.48. The summed E-state index contributed by atoms with van der Waals surface area (Å²) >= 11 is 0. The molecule has 7 heteroatoms. The SMILES string of the molecule is CC(C)c1ccc(Nc2nncc(Nc3ccc4c(c3)OCO4)n2)cc1. The summed E-state index contributed by atoms with van der Waals surface area (Å²) in [4.78, 5) is 4.45. The van der Waals surface area contributed by atoms with Gasteiger partial charge < -0.3 is 20.1 Å².